The van der Waals surface area contributed by atoms with Gasteiger partial charge in [0.1, 0.15) is 11.4 Å². The second-order valence-corrected chi connectivity index (χ2v) is 10.1. The molecule has 0 unspecified atom stereocenters. The molecular formula is C28H33N7O. The lowest BCUT2D eigenvalue weighted by atomic mass is 9.98. The van der Waals surface area contributed by atoms with Crippen LogP contribution in [0.15, 0.2) is 48.7 Å². The van der Waals surface area contributed by atoms with Gasteiger partial charge >= 0.3 is 0 Å². The van der Waals surface area contributed by atoms with E-state index in [1.807, 2.05) is 30.7 Å². The summed E-state index contributed by atoms with van der Waals surface area (Å²) in [5.41, 5.74) is 5.10. The predicted octanol–water partition coefficient (Wildman–Crippen LogP) is 4.16. The molecule has 6 rings (SSSR count). The fourth-order valence-electron chi connectivity index (χ4n) is 5.43. The monoisotopic (exact) mass is 483 g/mol. The van der Waals surface area contributed by atoms with Crippen molar-refractivity contribution >= 4 is 28.4 Å². The molecule has 36 heavy (non-hydrogen) atoms. The number of aliphatic hydroxyl groups is 1. The largest absolute Gasteiger partial charge is 0.384 e. The van der Waals surface area contributed by atoms with E-state index < -0.39 is 5.60 Å². The number of rotatable bonds is 5. The number of aromatic nitrogens is 4. The molecule has 0 amide bonds. The second-order valence-electron chi connectivity index (χ2n) is 10.1. The number of nitrogens with zero attached hydrogens (tertiary/aromatic N) is 6. The maximum absolute atomic E-state index is 11.1. The molecule has 8 heteroatoms. The number of nitrogens with one attached hydrogen (secondary N) is 1. The Morgan fingerprint density at radius 1 is 1.03 bits per heavy atom. The lowest BCUT2D eigenvalue weighted by Crippen LogP contribution is -2.44. The van der Waals surface area contributed by atoms with Gasteiger partial charge in [0.2, 0.25) is 5.95 Å². The van der Waals surface area contributed by atoms with Crippen molar-refractivity contribution in [3.8, 4) is 5.82 Å². The lowest BCUT2D eigenvalue weighted by molar-refractivity contribution is 0.0306. The zero-order chi connectivity index (χ0) is 24.9. The van der Waals surface area contributed by atoms with Gasteiger partial charge in [-0.15, -0.1) is 0 Å². The SMILES string of the molecule is CC[C@@]1(O)CCc2ccc(-n3c(C)cc4cnc(Nc5ccc(N6CCN(C)CC6)cc5)nc43)nc21. The van der Waals surface area contributed by atoms with E-state index in [9.17, 15) is 5.11 Å². The minimum absolute atomic E-state index is 0.542. The van der Waals surface area contributed by atoms with Gasteiger partial charge in [-0.2, -0.15) is 4.98 Å². The standard InChI is InChI=1S/C28H33N7O/c1-4-28(36)12-11-20-5-10-24(31-25(20)28)35-19(2)17-21-18-29-27(32-26(21)35)30-22-6-8-23(9-7-22)34-15-13-33(3)14-16-34/h5-10,17-18,36H,4,11-16H2,1-3H3,(H,29,30,32)/t28-/m1/s1. The van der Waals surface area contributed by atoms with Gasteiger partial charge in [0, 0.05) is 54.8 Å². The minimum Gasteiger partial charge on any atom is -0.384 e. The van der Waals surface area contributed by atoms with Crippen molar-refractivity contribution in [3.63, 3.8) is 0 Å². The van der Waals surface area contributed by atoms with Crippen molar-refractivity contribution in [2.24, 2.45) is 0 Å². The number of aryl methyl sites for hydroxylation is 2. The first-order chi connectivity index (χ1) is 17.4. The van der Waals surface area contributed by atoms with Crippen LogP contribution < -0.4 is 10.2 Å². The summed E-state index contributed by atoms with van der Waals surface area (Å²) in [6, 6.07) is 14.7. The number of pyridine rings is 1. The third-order valence-electron chi connectivity index (χ3n) is 7.74. The van der Waals surface area contributed by atoms with Crippen molar-refractivity contribution in [1.82, 2.24) is 24.4 Å². The summed E-state index contributed by atoms with van der Waals surface area (Å²) < 4.78 is 2.05. The van der Waals surface area contributed by atoms with E-state index in [2.05, 4.69) is 63.5 Å². The quantitative estimate of drug-likeness (QED) is 0.441. The molecule has 4 heterocycles. The van der Waals surface area contributed by atoms with Gasteiger partial charge in [-0.05, 0) is 75.2 Å². The highest BCUT2D eigenvalue weighted by Crippen LogP contribution is 2.38. The van der Waals surface area contributed by atoms with Gasteiger partial charge in [-0.1, -0.05) is 13.0 Å². The van der Waals surface area contributed by atoms with Crippen LogP contribution in [0.25, 0.3) is 16.9 Å². The number of anilines is 3. The average molecular weight is 484 g/mol. The number of hydrogen-bond donors (Lipinski definition) is 2. The van der Waals surface area contributed by atoms with Crippen LogP contribution >= 0.6 is 0 Å². The lowest BCUT2D eigenvalue weighted by Gasteiger charge is -2.34. The first-order valence-corrected chi connectivity index (χ1v) is 12.8. The van der Waals surface area contributed by atoms with Crippen LogP contribution in [-0.2, 0) is 12.0 Å². The third-order valence-corrected chi connectivity index (χ3v) is 7.74. The zero-order valence-electron chi connectivity index (χ0n) is 21.2. The number of hydrogen-bond acceptors (Lipinski definition) is 7. The van der Waals surface area contributed by atoms with Gasteiger partial charge in [0.05, 0.1) is 5.69 Å². The molecule has 8 nitrogen and oxygen atoms in total. The summed E-state index contributed by atoms with van der Waals surface area (Å²) in [5, 5.41) is 15.4. The summed E-state index contributed by atoms with van der Waals surface area (Å²) in [6.45, 7) is 8.33. The second kappa shape index (κ2) is 8.87. The molecule has 1 fully saturated rings. The van der Waals surface area contributed by atoms with Crippen LogP contribution in [0, 0.1) is 6.92 Å². The number of likely N-dealkylation sites (N-methyl/N-ethyl adjacent to an activating group) is 1. The fourth-order valence-corrected chi connectivity index (χ4v) is 5.43. The molecule has 4 aromatic rings. The Morgan fingerprint density at radius 2 is 1.81 bits per heavy atom. The Bertz CT molecular complexity index is 1410. The van der Waals surface area contributed by atoms with E-state index in [1.165, 1.54) is 5.69 Å². The molecule has 0 spiro atoms. The summed E-state index contributed by atoms with van der Waals surface area (Å²) in [4.78, 5) is 19.1. The van der Waals surface area contributed by atoms with Crippen molar-refractivity contribution in [1.29, 1.82) is 0 Å². The van der Waals surface area contributed by atoms with E-state index >= 15 is 0 Å². The van der Waals surface area contributed by atoms with Gasteiger partial charge in [0.15, 0.2) is 5.65 Å². The Hall–Kier alpha value is -3.49. The molecule has 3 aromatic heterocycles. The predicted molar refractivity (Wildman–Crippen MR) is 143 cm³/mol. The number of piperazine rings is 1. The van der Waals surface area contributed by atoms with Crippen LogP contribution in [0.1, 0.15) is 36.7 Å². The molecule has 1 aliphatic heterocycles. The molecule has 1 saturated heterocycles. The summed E-state index contributed by atoms with van der Waals surface area (Å²) in [6.07, 6.45) is 4.10. The maximum Gasteiger partial charge on any atom is 0.229 e. The highest BCUT2D eigenvalue weighted by atomic mass is 16.3. The Kier molecular flexibility index (Phi) is 5.65. The molecule has 0 saturated carbocycles. The fraction of sp³-hybridized carbons (Fsp3) is 0.393. The minimum atomic E-state index is -0.847. The molecule has 1 atom stereocenters. The van der Waals surface area contributed by atoms with Gasteiger partial charge in [-0.25, -0.2) is 9.97 Å². The molecule has 1 aromatic carbocycles. The van der Waals surface area contributed by atoms with Crippen molar-refractivity contribution in [2.45, 2.75) is 38.7 Å². The van der Waals surface area contributed by atoms with Crippen LogP contribution in [-0.4, -0.2) is 62.8 Å². The third kappa shape index (κ3) is 4.00. The molecule has 0 bridgehead atoms. The molecule has 1 aliphatic carbocycles. The normalized spacial score (nSPS) is 20.2. The molecule has 0 radical (unpaired) electrons. The first-order valence-electron chi connectivity index (χ1n) is 12.8. The highest BCUT2D eigenvalue weighted by Gasteiger charge is 2.37. The summed E-state index contributed by atoms with van der Waals surface area (Å²) in [7, 11) is 2.17. The highest BCUT2D eigenvalue weighted by molar-refractivity contribution is 5.80. The van der Waals surface area contributed by atoms with E-state index in [-0.39, 0.29) is 0 Å². The zero-order valence-corrected chi connectivity index (χ0v) is 21.2. The van der Waals surface area contributed by atoms with E-state index in [4.69, 9.17) is 9.97 Å². The van der Waals surface area contributed by atoms with E-state index in [0.29, 0.717) is 12.4 Å². The van der Waals surface area contributed by atoms with Crippen LogP contribution in [0.2, 0.25) is 0 Å². The number of fused-ring (bicyclic) bond motifs is 2. The van der Waals surface area contributed by atoms with Crippen LogP contribution in [0.5, 0.6) is 0 Å². The average Bonchev–Trinajstić information content (AvgIpc) is 3.41. The van der Waals surface area contributed by atoms with Crippen molar-refractivity contribution in [3.05, 3.63) is 65.6 Å². The maximum atomic E-state index is 11.1. The smallest absolute Gasteiger partial charge is 0.229 e. The first kappa shape index (κ1) is 22.9. The molecule has 2 N–H and O–H groups in total. The van der Waals surface area contributed by atoms with E-state index in [0.717, 1.165) is 78.5 Å². The Balaban J connectivity index is 1.29. The summed E-state index contributed by atoms with van der Waals surface area (Å²) >= 11 is 0. The number of benzene rings is 1. The molecule has 186 valence electrons. The Morgan fingerprint density at radius 3 is 2.56 bits per heavy atom. The summed E-state index contributed by atoms with van der Waals surface area (Å²) in [5.74, 6) is 1.32. The van der Waals surface area contributed by atoms with Gasteiger partial charge in [0.25, 0.3) is 0 Å². The topological polar surface area (TPSA) is 82.3 Å². The van der Waals surface area contributed by atoms with Gasteiger partial charge < -0.3 is 20.2 Å². The van der Waals surface area contributed by atoms with Crippen molar-refractivity contribution in [2.75, 3.05) is 43.4 Å². The molecule has 2 aliphatic rings. The van der Waals surface area contributed by atoms with Gasteiger partial charge in [-0.3, -0.25) is 4.57 Å². The molecular weight excluding hydrogens is 450 g/mol. The Labute approximate surface area is 211 Å². The van der Waals surface area contributed by atoms with Crippen LogP contribution in [0.3, 0.4) is 0 Å². The van der Waals surface area contributed by atoms with Crippen LogP contribution in [0.4, 0.5) is 17.3 Å². The van der Waals surface area contributed by atoms with Crippen molar-refractivity contribution < 1.29 is 5.11 Å². The van der Waals surface area contributed by atoms with E-state index in [1.54, 1.807) is 0 Å².